The summed E-state index contributed by atoms with van der Waals surface area (Å²) in [6.45, 7) is 5.88. The summed E-state index contributed by atoms with van der Waals surface area (Å²) in [5.74, 6) is 0.297. The minimum Gasteiger partial charge on any atom is -0.370 e. The van der Waals surface area contributed by atoms with E-state index >= 15 is 0 Å². The third kappa shape index (κ3) is 4.32. The molecule has 1 aliphatic rings. The fourth-order valence-electron chi connectivity index (χ4n) is 4.38. The average molecular weight is 448 g/mol. The monoisotopic (exact) mass is 447 g/mol. The molecule has 2 N–H and O–H groups in total. The van der Waals surface area contributed by atoms with Crippen molar-refractivity contribution in [2.45, 2.75) is 26.2 Å². The maximum Gasteiger partial charge on any atom is 0.276 e. The molecular formula is C25H26ClN5O. The number of H-pyrrole nitrogens is 1. The number of nitrogens with one attached hydrogen (secondary N) is 2. The molecule has 4 aromatic rings. The lowest BCUT2D eigenvalue weighted by molar-refractivity contribution is 0.102. The number of fused-ring (bicyclic) bond motifs is 1. The molecule has 32 heavy (non-hydrogen) atoms. The highest BCUT2D eigenvalue weighted by Gasteiger charge is 2.25. The van der Waals surface area contributed by atoms with Crippen LogP contribution in [0.15, 0.2) is 60.7 Å². The number of halogens is 1. The van der Waals surface area contributed by atoms with Gasteiger partial charge in [-0.05, 0) is 56.2 Å². The van der Waals surface area contributed by atoms with Crippen LogP contribution in [0.3, 0.4) is 0 Å². The number of pyridine rings is 1. The number of nitrogens with zero attached hydrogens (tertiary/aromatic N) is 3. The number of amides is 1. The predicted octanol–water partition coefficient (Wildman–Crippen LogP) is 5.24. The lowest BCUT2D eigenvalue weighted by Crippen LogP contribution is -2.20. The highest BCUT2D eigenvalue weighted by Crippen LogP contribution is 2.35. The largest absolute Gasteiger partial charge is 0.370 e. The predicted molar refractivity (Wildman–Crippen MR) is 131 cm³/mol. The Bertz CT molecular complexity index is 1250. The molecule has 1 unspecified atom stereocenters. The number of benzene rings is 2. The Kier molecular flexibility index (Phi) is 6.15. The third-order valence-electron chi connectivity index (χ3n) is 5.91. The summed E-state index contributed by atoms with van der Waals surface area (Å²) in [6.07, 6.45) is 1.13. The Morgan fingerprint density at radius 1 is 1.09 bits per heavy atom. The molecule has 6 nitrogen and oxygen atoms in total. The summed E-state index contributed by atoms with van der Waals surface area (Å²) in [5, 5.41) is 10.9. The van der Waals surface area contributed by atoms with Gasteiger partial charge in [-0.15, -0.1) is 12.4 Å². The van der Waals surface area contributed by atoms with E-state index in [2.05, 4.69) is 56.8 Å². The normalized spacial score (nSPS) is 15.6. The SMILES string of the molecule is Cc1cc(N2CCC(c3ccccc3)C2)c2cc(NC(=O)c3cc(C)[nH]n3)ccc2n1.Cl. The van der Waals surface area contributed by atoms with E-state index in [0.29, 0.717) is 11.6 Å². The first-order valence-corrected chi connectivity index (χ1v) is 10.6. The summed E-state index contributed by atoms with van der Waals surface area (Å²) < 4.78 is 0. The van der Waals surface area contributed by atoms with Gasteiger partial charge in [0.15, 0.2) is 5.69 Å². The molecule has 0 bridgehead atoms. The molecule has 0 spiro atoms. The Morgan fingerprint density at radius 2 is 1.91 bits per heavy atom. The van der Waals surface area contributed by atoms with Gasteiger partial charge in [0.25, 0.3) is 5.91 Å². The van der Waals surface area contributed by atoms with Crippen molar-refractivity contribution in [3.63, 3.8) is 0 Å². The lowest BCUT2D eigenvalue weighted by Gasteiger charge is -2.22. The van der Waals surface area contributed by atoms with Crippen LogP contribution < -0.4 is 10.2 Å². The average Bonchev–Trinajstić information content (AvgIpc) is 3.43. The van der Waals surface area contributed by atoms with E-state index < -0.39 is 0 Å². The molecule has 0 radical (unpaired) electrons. The number of hydrogen-bond donors (Lipinski definition) is 2. The van der Waals surface area contributed by atoms with E-state index in [9.17, 15) is 4.79 Å². The highest BCUT2D eigenvalue weighted by molar-refractivity contribution is 6.04. The van der Waals surface area contributed by atoms with Crippen molar-refractivity contribution in [2.75, 3.05) is 23.3 Å². The number of aromatic amines is 1. The van der Waals surface area contributed by atoms with Gasteiger partial charge >= 0.3 is 0 Å². The molecular weight excluding hydrogens is 422 g/mol. The molecule has 3 heterocycles. The number of carbonyl (C=O) groups excluding carboxylic acids is 1. The van der Waals surface area contributed by atoms with Crippen molar-refractivity contribution in [3.8, 4) is 0 Å². The summed E-state index contributed by atoms with van der Waals surface area (Å²) in [5.41, 5.74) is 6.47. The van der Waals surface area contributed by atoms with E-state index in [1.54, 1.807) is 6.07 Å². The Balaban J connectivity index is 0.00000245. The minimum absolute atomic E-state index is 0. The van der Waals surface area contributed by atoms with Gasteiger partial charge in [-0.1, -0.05) is 30.3 Å². The van der Waals surface area contributed by atoms with Crippen LogP contribution in [0.25, 0.3) is 10.9 Å². The van der Waals surface area contributed by atoms with Gasteiger partial charge in [-0.3, -0.25) is 14.9 Å². The molecule has 0 saturated carbocycles. The number of hydrogen-bond acceptors (Lipinski definition) is 4. The molecule has 1 aliphatic heterocycles. The second kappa shape index (κ2) is 9.01. The fourth-order valence-corrected chi connectivity index (χ4v) is 4.38. The van der Waals surface area contributed by atoms with Gasteiger partial charge in [-0.25, -0.2) is 0 Å². The zero-order valence-electron chi connectivity index (χ0n) is 18.1. The van der Waals surface area contributed by atoms with Crippen LogP contribution in [-0.4, -0.2) is 34.2 Å². The van der Waals surface area contributed by atoms with Crippen molar-refractivity contribution in [3.05, 3.63) is 83.3 Å². The first-order valence-electron chi connectivity index (χ1n) is 10.6. The zero-order valence-corrected chi connectivity index (χ0v) is 18.9. The molecule has 2 aromatic heterocycles. The zero-order chi connectivity index (χ0) is 21.4. The quantitative estimate of drug-likeness (QED) is 0.448. The van der Waals surface area contributed by atoms with Crippen LogP contribution >= 0.6 is 12.4 Å². The van der Waals surface area contributed by atoms with Crippen LogP contribution in [0.1, 0.15) is 39.8 Å². The Hall–Kier alpha value is -3.38. The Morgan fingerprint density at radius 3 is 2.66 bits per heavy atom. The van der Waals surface area contributed by atoms with Crippen molar-refractivity contribution in [1.82, 2.24) is 15.2 Å². The highest BCUT2D eigenvalue weighted by atomic mass is 35.5. The molecule has 1 atom stereocenters. The topological polar surface area (TPSA) is 73.9 Å². The number of carbonyl (C=O) groups is 1. The van der Waals surface area contributed by atoms with Gasteiger partial charge in [0, 0.05) is 47.2 Å². The van der Waals surface area contributed by atoms with Crippen molar-refractivity contribution in [2.24, 2.45) is 0 Å². The summed E-state index contributed by atoms with van der Waals surface area (Å²) in [7, 11) is 0. The van der Waals surface area contributed by atoms with E-state index in [0.717, 1.165) is 47.5 Å². The van der Waals surface area contributed by atoms with Crippen LogP contribution in [0.4, 0.5) is 11.4 Å². The Labute approximate surface area is 193 Å². The first-order chi connectivity index (χ1) is 15.1. The molecule has 5 rings (SSSR count). The lowest BCUT2D eigenvalue weighted by atomic mass is 9.99. The number of aromatic nitrogens is 3. The standard InChI is InChI=1S/C25H25N5O.ClH/c1-16-13-24(30-11-10-19(15-30)18-6-4-3-5-7-18)21-14-20(8-9-22(21)26-16)27-25(31)23-12-17(2)28-29-23;/h3-9,12-14,19H,10-11,15H2,1-2H3,(H,27,31)(H,28,29);1H. The number of aryl methyl sites for hydroxylation is 2. The van der Waals surface area contributed by atoms with Crippen LogP contribution in [0.5, 0.6) is 0 Å². The first kappa shape index (κ1) is 21.8. The molecule has 1 amide bonds. The van der Waals surface area contributed by atoms with Gasteiger partial charge in [0.1, 0.15) is 0 Å². The minimum atomic E-state index is -0.226. The van der Waals surface area contributed by atoms with E-state index in [1.165, 1.54) is 11.3 Å². The smallest absolute Gasteiger partial charge is 0.276 e. The summed E-state index contributed by atoms with van der Waals surface area (Å²) in [6, 6.07) is 20.5. The molecule has 7 heteroatoms. The van der Waals surface area contributed by atoms with Crippen molar-refractivity contribution < 1.29 is 4.79 Å². The molecule has 1 saturated heterocycles. The molecule has 164 valence electrons. The second-order valence-electron chi connectivity index (χ2n) is 8.25. The van der Waals surface area contributed by atoms with E-state index in [1.807, 2.05) is 32.0 Å². The number of anilines is 2. The second-order valence-corrected chi connectivity index (χ2v) is 8.25. The fraction of sp³-hybridized carbons (Fsp3) is 0.240. The van der Waals surface area contributed by atoms with Gasteiger partial charge in [-0.2, -0.15) is 5.10 Å². The summed E-state index contributed by atoms with van der Waals surface area (Å²) in [4.78, 5) is 19.7. The maximum atomic E-state index is 12.5. The van der Waals surface area contributed by atoms with Crippen LogP contribution in [0, 0.1) is 13.8 Å². The molecule has 0 aliphatic carbocycles. The van der Waals surface area contributed by atoms with Gasteiger partial charge < -0.3 is 10.2 Å². The van der Waals surface area contributed by atoms with Crippen molar-refractivity contribution in [1.29, 1.82) is 0 Å². The third-order valence-corrected chi connectivity index (χ3v) is 5.91. The molecule has 2 aromatic carbocycles. The number of rotatable bonds is 4. The van der Waals surface area contributed by atoms with E-state index in [-0.39, 0.29) is 18.3 Å². The maximum absolute atomic E-state index is 12.5. The van der Waals surface area contributed by atoms with Crippen LogP contribution in [-0.2, 0) is 0 Å². The van der Waals surface area contributed by atoms with Crippen LogP contribution in [0.2, 0.25) is 0 Å². The van der Waals surface area contributed by atoms with Gasteiger partial charge in [0.05, 0.1) is 5.52 Å². The molecule has 1 fully saturated rings. The van der Waals surface area contributed by atoms with E-state index in [4.69, 9.17) is 4.98 Å². The van der Waals surface area contributed by atoms with Gasteiger partial charge in [0.2, 0.25) is 0 Å². The van der Waals surface area contributed by atoms with Crippen molar-refractivity contribution >= 4 is 40.6 Å². The summed E-state index contributed by atoms with van der Waals surface area (Å²) >= 11 is 0.